The topological polar surface area (TPSA) is 41.5 Å². The largest absolute Gasteiger partial charge is 0.395 e. The molecule has 4 heteroatoms. The minimum absolute atomic E-state index is 0. The van der Waals surface area contributed by atoms with Gasteiger partial charge in [0.25, 0.3) is 0 Å². The van der Waals surface area contributed by atoms with Crippen molar-refractivity contribution in [2.75, 3.05) is 20.3 Å². The average molecular weight is 184 g/mol. The Morgan fingerprint density at radius 3 is 2.27 bits per heavy atom. The van der Waals surface area contributed by atoms with E-state index in [2.05, 4.69) is 5.32 Å². The summed E-state index contributed by atoms with van der Waals surface area (Å²) in [5.41, 5.74) is 0. The molecule has 0 aliphatic heterocycles. The predicted molar refractivity (Wildman–Crippen MR) is 48.3 cm³/mol. The quantitative estimate of drug-likeness (QED) is 0.649. The van der Waals surface area contributed by atoms with Gasteiger partial charge in [-0.1, -0.05) is 0 Å². The van der Waals surface area contributed by atoms with E-state index in [1.807, 2.05) is 20.9 Å². The van der Waals surface area contributed by atoms with Crippen LogP contribution in [0.5, 0.6) is 0 Å². The maximum Gasteiger partial charge on any atom is 0.0645 e. The van der Waals surface area contributed by atoms with E-state index in [0.29, 0.717) is 6.61 Å². The number of halogens is 1. The van der Waals surface area contributed by atoms with Gasteiger partial charge in [-0.05, 0) is 20.9 Å². The summed E-state index contributed by atoms with van der Waals surface area (Å²) in [6, 6.07) is 0.0717. The lowest BCUT2D eigenvalue weighted by atomic mass is 10.3. The van der Waals surface area contributed by atoms with Gasteiger partial charge in [0, 0.05) is 0 Å². The smallest absolute Gasteiger partial charge is 0.0645 e. The molecule has 0 spiro atoms. The van der Waals surface area contributed by atoms with E-state index in [1.54, 1.807) is 0 Å². The molecule has 0 aliphatic carbocycles. The van der Waals surface area contributed by atoms with E-state index >= 15 is 0 Å². The number of aliphatic hydroxyl groups excluding tert-OH is 1. The fourth-order valence-corrected chi connectivity index (χ4v) is 0.536. The standard InChI is InChI=1S/C7H17NO2.ClH/c1-6(2)10-5-7(4-9)8-3;/h6-9H,4-5H2,1-3H3;1H. The minimum atomic E-state index is 0. The second-order valence-corrected chi connectivity index (χ2v) is 2.55. The first-order valence-electron chi connectivity index (χ1n) is 3.60. The molecule has 3 nitrogen and oxygen atoms in total. The zero-order chi connectivity index (χ0) is 7.98. The first-order chi connectivity index (χ1) is 4.70. The molecule has 0 aliphatic rings. The Labute approximate surface area is 74.5 Å². The van der Waals surface area contributed by atoms with Gasteiger partial charge in [-0.3, -0.25) is 0 Å². The monoisotopic (exact) mass is 183 g/mol. The van der Waals surface area contributed by atoms with Crippen LogP contribution in [0.3, 0.4) is 0 Å². The first-order valence-corrected chi connectivity index (χ1v) is 3.60. The van der Waals surface area contributed by atoms with Crippen LogP contribution in [-0.4, -0.2) is 37.5 Å². The summed E-state index contributed by atoms with van der Waals surface area (Å²) in [7, 11) is 1.81. The summed E-state index contributed by atoms with van der Waals surface area (Å²) in [6.45, 7) is 4.65. The van der Waals surface area contributed by atoms with Gasteiger partial charge in [-0.2, -0.15) is 0 Å². The molecule has 0 heterocycles. The molecule has 0 aromatic carbocycles. The molecular formula is C7H18ClNO2. The van der Waals surface area contributed by atoms with Gasteiger partial charge < -0.3 is 15.2 Å². The normalized spacial score (nSPS) is 12.8. The predicted octanol–water partition coefficient (Wildman–Crippen LogP) is 0.413. The van der Waals surface area contributed by atoms with Crippen molar-refractivity contribution >= 4 is 12.4 Å². The molecule has 0 amide bonds. The first kappa shape index (κ1) is 13.7. The Bertz CT molecular complexity index is 76.8. The van der Waals surface area contributed by atoms with Crippen LogP contribution in [0, 0.1) is 0 Å². The molecular weight excluding hydrogens is 166 g/mol. The van der Waals surface area contributed by atoms with Gasteiger partial charge in [0.15, 0.2) is 0 Å². The summed E-state index contributed by atoms with van der Waals surface area (Å²) < 4.78 is 5.26. The van der Waals surface area contributed by atoms with Gasteiger partial charge in [-0.15, -0.1) is 12.4 Å². The van der Waals surface area contributed by atoms with Gasteiger partial charge in [-0.25, -0.2) is 0 Å². The Kier molecular flexibility index (Phi) is 10.3. The van der Waals surface area contributed by atoms with Crippen LogP contribution in [-0.2, 0) is 4.74 Å². The third-order valence-electron chi connectivity index (χ3n) is 1.26. The molecule has 0 radical (unpaired) electrons. The summed E-state index contributed by atoms with van der Waals surface area (Å²) in [5, 5.41) is 11.6. The van der Waals surface area contributed by atoms with Gasteiger partial charge in [0.2, 0.25) is 0 Å². The Morgan fingerprint density at radius 2 is 2.00 bits per heavy atom. The summed E-state index contributed by atoms with van der Waals surface area (Å²) in [5.74, 6) is 0. The lowest BCUT2D eigenvalue weighted by molar-refractivity contribution is 0.0491. The lowest BCUT2D eigenvalue weighted by Crippen LogP contribution is -2.34. The Balaban J connectivity index is 0. The second-order valence-electron chi connectivity index (χ2n) is 2.55. The highest BCUT2D eigenvalue weighted by Gasteiger charge is 2.03. The highest BCUT2D eigenvalue weighted by atomic mass is 35.5. The maximum atomic E-state index is 8.70. The summed E-state index contributed by atoms with van der Waals surface area (Å²) in [6.07, 6.45) is 0.238. The number of ether oxygens (including phenoxy) is 1. The van der Waals surface area contributed by atoms with Crippen molar-refractivity contribution < 1.29 is 9.84 Å². The number of aliphatic hydroxyl groups is 1. The molecule has 2 N–H and O–H groups in total. The number of hydrogen-bond acceptors (Lipinski definition) is 3. The average Bonchev–Trinajstić information content (AvgIpc) is 1.90. The van der Waals surface area contributed by atoms with E-state index in [-0.39, 0.29) is 31.2 Å². The van der Waals surface area contributed by atoms with Crippen LogP contribution < -0.4 is 5.32 Å². The second kappa shape index (κ2) is 8.27. The Morgan fingerprint density at radius 1 is 1.45 bits per heavy atom. The van der Waals surface area contributed by atoms with E-state index in [0.717, 1.165) is 0 Å². The van der Waals surface area contributed by atoms with Crippen molar-refractivity contribution in [2.24, 2.45) is 0 Å². The molecule has 1 atom stereocenters. The molecule has 0 aromatic heterocycles. The van der Waals surface area contributed by atoms with Crippen molar-refractivity contribution in [1.82, 2.24) is 5.32 Å². The highest BCUT2D eigenvalue weighted by Crippen LogP contribution is 1.90. The fourth-order valence-electron chi connectivity index (χ4n) is 0.536. The fraction of sp³-hybridized carbons (Fsp3) is 1.00. The van der Waals surface area contributed by atoms with E-state index in [1.165, 1.54) is 0 Å². The molecule has 0 rings (SSSR count). The van der Waals surface area contributed by atoms with Crippen molar-refractivity contribution in [1.29, 1.82) is 0 Å². The molecule has 70 valence electrons. The molecule has 0 saturated carbocycles. The van der Waals surface area contributed by atoms with E-state index < -0.39 is 0 Å². The third kappa shape index (κ3) is 8.07. The van der Waals surface area contributed by atoms with Crippen LogP contribution in [0.25, 0.3) is 0 Å². The molecule has 0 saturated heterocycles. The van der Waals surface area contributed by atoms with Crippen LogP contribution >= 0.6 is 12.4 Å². The number of likely N-dealkylation sites (N-methyl/N-ethyl adjacent to an activating group) is 1. The molecule has 0 fully saturated rings. The summed E-state index contributed by atoms with van der Waals surface area (Å²) in [4.78, 5) is 0. The molecule has 1 unspecified atom stereocenters. The zero-order valence-corrected chi connectivity index (χ0v) is 8.15. The Hall–Kier alpha value is 0.170. The molecule has 11 heavy (non-hydrogen) atoms. The van der Waals surface area contributed by atoms with Gasteiger partial charge in [0.1, 0.15) is 0 Å². The molecule has 0 aromatic rings. The van der Waals surface area contributed by atoms with Crippen molar-refractivity contribution in [3.8, 4) is 0 Å². The number of rotatable bonds is 5. The van der Waals surface area contributed by atoms with Gasteiger partial charge >= 0.3 is 0 Å². The van der Waals surface area contributed by atoms with Crippen molar-refractivity contribution in [3.63, 3.8) is 0 Å². The number of hydrogen-bond donors (Lipinski definition) is 2. The van der Waals surface area contributed by atoms with Crippen LogP contribution in [0.2, 0.25) is 0 Å². The van der Waals surface area contributed by atoms with Crippen LogP contribution in [0.1, 0.15) is 13.8 Å². The zero-order valence-electron chi connectivity index (χ0n) is 7.33. The van der Waals surface area contributed by atoms with Crippen LogP contribution in [0.15, 0.2) is 0 Å². The van der Waals surface area contributed by atoms with E-state index in [9.17, 15) is 0 Å². The summed E-state index contributed by atoms with van der Waals surface area (Å²) >= 11 is 0. The SMILES string of the molecule is CNC(CO)COC(C)C.Cl. The lowest BCUT2D eigenvalue weighted by Gasteiger charge is -2.14. The van der Waals surface area contributed by atoms with Gasteiger partial charge in [0.05, 0.1) is 25.4 Å². The van der Waals surface area contributed by atoms with Crippen molar-refractivity contribution in [3.05, 3.63) is 0 Å². The third-order valence-corrected chi connectivity index (χ3v) is 1.26. The van der Waals surface area contributed by atoms with Crippen LogP contribution in [0.4, 0.5) is 0 Å². The highest BCUT2D eigenvalue weighted by molar-refractivity contribution is 5.85. The number of nitrogens with one attached hydrogen (secondary N) is 1. The maximum absolute atomic E-state index is 8.70. The molecule has 0 bridgehead atoms. The van der Waals surface area contributed by atoms with Crippen molar-refractivity contribution in [2.45, 2.75) is 26.0 Å². The van der Waals surface area contributed by atoms with E-state index in [4.69, 9.17) is 9.84 Å². The minimum Gasteiger partial charge on any atom is -0.395 e.